The molecule has 18 heavy (non-hydrogen) atoms. The van der Waals surface area contributed by atoms with E-state index in [9.17, 15) is 0 Å². The summed E-state index contributed by atoms with van der Waals surface area (Å²) in [6.07, 6.45) is 1.83. The standard InChI is InChI=1S/C16H20N2/c1-12(2)15-6-4-14(5-7-15)11-18-16-10-13(3)8-9-17-16/h4-10,12H,11H2,1-3H3,(H,17,18). The fourth-order valence-corrected chi connectivity index (χ4v) is 1.85. The third kappa shape index (κ3) is 3.33. The van der Waals surface area contributed by atoms with Gasteiger partial charge in [-0.25, -0.2) is 4.98 Å². The van der Waals surface area contributed by atoms with Crippen LogP contribution in [0.25, 0.3) is 0 Å². The van der Waals surface area contributed by atoms with E-state index < -0.39 is 0 Å². The molecule has 0 spiro atoms. The number of anilines is 1. The lowest BCUT2D eigenvalue weighted by atomic mass is 10.0. The van der Waals surface area contributed by atoms with Crippen LogP contribution in [0.4, 0.5) is 5.82 Å². The molecule has 0 saturated heterocycles. The van der Waals surface area contributed by atoms with Crippen molar-refractivity contribution in [3.63, 3.8) is 0 Å². The smallest absolute Gasteiger partial charge is 0.126 e. The first-order valence-electron chi connectivity index (χ1n) is 6.40. The molecule has 94 valence electrons. The minimum absolute atomic E-state index is 0.588. The Balaban J connectivity index is 1.98. The van der Waals surface area contributed by atoms with E-state index in [1.807, 2.05) is 12.3 Å². The maximum Gasteiger partial charge on any atom is 0.126 e. The fourth-order valence-electron chi connectivity index (χ4n) is 1.85. The molecule has 1 aromatic carbocycles. The van der Waals surface area contributed by atoms with E-state index in [4.69, 9.17) is 0 Å². The predicted molar refractivity (Wildman–Crippen MR) is 76.8 cm³/mol. The average Bonchev–Trinajstić information content (AvgIpc) is 2.37. The first kappa shape index (κ1) is 12.6. The highest BCUT2D eigenvalue weighted by molar-refractivity contribution is 5.38. The van der Waals surface area contributed by atoms with Crippen molar-refractivity contribution in [2.24, 2.45) is 0 Å². The zero-order chi connectivity index (χ0) is 13.0. The van der Waals surface area contributed by atoms with Gasteiger partial charge in [-0.1, -0.05) is 38.1 Å². The van der Waals surface area contributed by atoms with Crippen molar-refractivity contribution in [1.29, 1.82) is 0 Å². The van der Waals surface area contributed by atoms with Crippen molar-refractivity contribution in [3.05, 3.63) is 59.3 Å². The Morgan fingerprint density at radius 2 is 1.83 bits per heavy atom. The molecule has 0 fully saturated rings. The molecule has 1 N–H and O–H groups in total. The summed E-state index contributed by atoms with van der Waals surface area (Å²) in [5.74, 6) is 1.52. The normalized spacial score (nSPS) is 10.7. The van der Waals surface area contributed by atoms with Gasteiger partial charge in [0, 0.05) is 12.7 Å². The number of benzene rings is 1. The van der Waals surface area contributed by atoms with Gasteiger partial charge in [-0.05, 0) is 41.7 Å². The highest BCUT2D eigenvalue weighted by Crippen LogP contribution is 2.15. The predicted octanol–water partition coefficient (Wildman–Crippen LogP) is 4.13. The van der Waals surface area contributed by atoms with E-state index in [0.29, 0.717) is 5.92 Å². The summed E-state index contributed by atoms with van der Waals surface area (Å²) in [6, 6.07) is 12.8. The van der Waals surface area contributed by atoms with Gasteiger partial charge in [0.15, 0.2) is 0 Å². The third-order valence-electron chi connectivity index (χ3n) is 3.04. The van der Waals surface area contributed by atoms with Crippen molar-refractivity contribution in [3.8, 4) is 0 Å². The Kier molecular flexibility index (Phi) is 3.98. The van der Waals surface area contributed by atoms with Gasteiger partial charge in [0.05, 0.1) is 0 Å². The number of hydrogen-bond donors (Lipinski definition) is 1. The molecule has 2 nitrogen and oxygen atoms in total. The molecule has 1 heterocycles. The van der Waals surface area contributed by atoms with Crippen LogP contribution in [0.3, 0.4) is 0 Å². The molecule has 2 rings (SSSR count). The fraction of sp³-hybridized carbons (Fsp3) is 0.312. The Morgan fingerprint density at radius 3 is 2.44 bits per heavy atom. The molecular weight excluding hydrogens is 220 g/mol. The van der Waals surface area contributed by atoms with E-state index >= 15 is 0 Å². The molecule has 0 aliphatic heterocycles. The van der Waals surface area contributed by atoms with E-state index in [1.165, 1.54) is 16.7 Å². The number of nitrogens with zero attached hydrogens (tertiary/aromatic N) is 1. The number of aromatic nitrogens is 1. The second-order valence-corrected chi connectivity index (χ2v) is 4.97. The molecule has 0 unspecified atom stereocenters. The summed E-state index contributed by atoms with van der Waals surface area (Å²) < 4.78 is 0. The summed E-state index contributed by atoms with van der Waals surface area (Å²) in [5, 5.41) is 3.34. The number of pyridine rings is 1. The molecule has 0 aliphatic rings. The van der Waals surface area contributed by atoms with Crippen LogP contribution < -0.4 is 5.32 Å². The molecule has 1 aromatic heterocycles. The lowest BCUT2D eigenvalue weighted by Crippen LogP contribution is -2.01. The maximum absolute atomic E-state index is 4.29. The van der Waals surface area contributed by atoms with Crippen molar-refractivity contribution >= 4 is 5.82 Å². The van der Waals surface area contributed by atoms with Crippen molar-refractivity contribution in [2.45, 2.75) is 33.2 Å². The van der Waals surface area contributed by atoms with Crippen LogP contribution in [0.15, 0.2) is 42.6 Å². The number of rotatable bonds is 4. The molecule has 0 aliphatic carbocycles. The highest BCUT2D eigenvalue weighted by Gasteiger charge is 1.99. The Labute approximate surface area is 109 Å². The van der Waals surface area contributed by atoms with Crippen LogP contribution in [0.2, 0.25) is 0 Å². The summed E-state index contributed by atoms with van der Waals surface area (Å²) in [7, 11) is 0. The quantitative estimate of drug-likeness (QED) is 0.869. The van der Waals surface area contributed by atoms with Gasteiger partial charge in [-0.15, -0.1) is 0 Å². The summed E-state index contributed by atoms with van der Waals surface area (Å²) in [4.78, 5) is 4.29. The van der Waals surface area contributed by atoms with Crippen LogP contribution in [-0.4, -0.2) is 4.98 Å². The van der Waals surface area contributed by atoms with Gasteiger partial charge in [0.2, 0.25) is 0 Å². The van der Waals surface area contributed by atoms with Gasteiger partial charge in [-0.3, -0.25) is 0 Å². The van der Waals surface area contributed by atoms with Gasteiger partial charge >= 0.3 is 0 Å². The van der Waals surface area contributed by atoms with Crippen LogP contribution >= 0.6 is 0 Å². The second kappa shape index (κ2) is 5.67. The lowest BCUT2D eigenvalue weighted by molar-refractivity contribution is 0.865. The topological polar surface area (TPSA) is 24.9 Å². The van der Waals surface area contributed by atoms with Gasteiger partial charge in [-0.2, -0.15) is 0 Å². The van der Waals surface area contributed by atoms with Crippen LogP contribution in [-0.2, 0) is 6.54 Å². The van der Waals surface area contributed by atoms with E-state index in [0.717, 1.165) is 12.4 Å². The molecule has 0 saturated carbocycles. The van der Waals surface area contributed by atoms with Gasteiger partial charge in [0.25, 0.3) is 0 Å². The number of aryl methyl sites for hydroxylation is 1. The zero-order valence-corrected chi connectivity index (χ0v) is 11.3. The van der Waals surface area contributed by atoms with Crippen LogP contribution in [0.5, 0.6) is 0 Å². The maximum atomic E-state index is 4.29. The van der Waals surface area contributed by atoms with Gasteiger partial charge < -0.3 is 5.32 Å². The Bertz CT molecular complexity index is 501. The molecule has 0 atom stereocenters. The molecule has 0 radical (unpaired) electrons. The summed E-state index contributed by atoms with van der Waals surface area (Å²) in [6.45, 7) is 7.31. The third-order valence-corrected chi connectivity index (χ3v) is 3.04. The minimum atomic E-state index is 0.588. The first-order chi connectivity index (χ1) is 8.65. The molecule has 2 aromatic rings. The van der Waals surface area contributed by atoms with Crippen molar-refractivity contribution in [2.75, 3.05) is 5.32 Å². The number of nitrogens with one attached hydrogen (secondary N) is 1. The summed E-state index contributed by atoms with van der Waals surface area (Å²) >= 11 is 0. The Morgan fingerprint density at radius 1 is 1.11 bits per heavy atom. The molecule has 0 amide bonds. The monoisotopic (exact) mass is 240 g/mol. The first-order valence-corrected chi connectivity index (χ1v) is 6.40. The Hall–Kier alpha value is -1.83. The largest absolute Gasteiger partial charge is 0.366 e. The van der Waals surface area contributed by atoms with E-state index in [2.05, 4.69) is 61.4 Å². The summed E-state index contributed by atoms with van der Waals surface area (Å²) in [5.41, 5.74) is 3.89. The molecule has 2 heteroatoms. The van der Waals surface area contributed by atoms with Crippen molar-refractivity contribution in [1.82, 2.24) is 4.98 Å². The van der Waals surface area contributed by atoms with Crippen LogP contribution in [0.1, 0.15) is 36.5 Å². The second-order valence-electron chi connectivity index (χ2n) is 4.97. The van der Waals surface area contributed by atoms with Crippen LogP contribution in [0, 0.1) is 6.92 Å². The molecule has 0 bridgehead atoms. The average molecular weight is 240 g/mol. The highest BCUT2D eigenvalue weighted by atomic mass is 15.0. The SMILES string of the molecule is Cc1ccnc(NCc2ccc(C(C)C)cc2)c1. The van der Waals surface area contributed by atoms with E-state index in [-0.39, 0.29) is 0 Å². The van der Waals surface area contributed by atoms with Crippen molar-refractivity contribution < 1.29 is 0 Å². The number of hydrogen-bond acceptors (Lipinski definition) is 2. The minimum Gasteiger partial charge on any atom is -0.366 e. The lowest BCUT2D eigenvalue weighted by Gasteiger charge is -2.08. The zero-order valence-electron chi connectivity index (χ0n) is 11.3. The molecular formula is C16H20N2. The van der Waals surface area contributed by atoms with Gasteiger partial charge in [0.1, 0.15) is 5.82 Å². The van der Waals surface area contributed by atoms with E-state index in [1.54, 1.807) is 0 Å².